The van der Waals surface area contributed by atoms with Gasteiger partial charge in [-0.3, -0.25) is 4.79 Å². The van der Waals surface area contributed by atoms with Crippen LogP contribution in [0.5, 0.6) is 5.75 Å². The van der Waals surface area contributed by atoms with Gasteiger partial charge in [-0.1, -0.05) is 0 Å². The van der Waals surface area contributed by atoms with Gasteiger partial charge in [0.05, 0.1) is 35.2 Å². The van der Waals surface area contributed by atoms with Crippen molar-refractivity contribution in [3.63, 3.8) is 0 Å². The molecule has 146 valence electrons. The molecule has 0 spiro atoms. The van der Waals surface area contributed by atoms with Crippen LogP contribution in [0.2, 0.25) is 0 Å². The van der Waals surface area contributed by atoms with Crippen LogP contribution in [0.25, 0.3) is 0 Å². The van der Waals surface area contributed by atoms with E-state index < -0.39 is 34.9 Å². The molecule has 1 aromatic carbocycles. The van der Waals surface area contributed by atoms with Crippen LogP contribution in [0.4, 0.5) is 24.7 Å². The molecule has 0 atom stereocenters. The molecule has 0 saturated carbocycles. The minimum absolute atomic E-state index is 0.0276. The third-order valence-corrected chi connectivity index (χ3v) is 3.25. The van der Waals surface area contributed by atoms with Crippen molar-refractivity contribution in [2.24, 2.45) is 0 Å². The number of nitro groups is 1. The molecule has 2 rings (SSSR count). The van der Waals surface area contributed by atoms with Gasteiger partial charge in [-0.15, -0.1) is 0 Å². The molecule has 9 nitrogen and oxygen atoms in total. The van der Waals surface area contributed by atoms with Crippen molar-refractivity contribution in [3.8, 4) is 5.75 Å². The average Bonchev–Trinajstić information content (AvgIpc) is 3.04. The lowest BCUT2D eigenvalue weighted by atomic mass is 10.1. The van der Waals surface area contributed by atoms with Gasteiger partial charge in [0.2, 0.25) is 5.91 Å². The van der Waals surface area contributed by atoms with Gasteiger partial charge in [-0.25, -0.2) is 0 Å². The van der Waals surface area contributed by atoms with Crippen LogP contribution in [-0.4, -0.2) is 40.9 Å². The minimum atomic E-state index is -4.60. The third kappa shape index (κ3) is 5.67. The second kappa shape index (κ2) is 8.49. The van der Waals surface area contributed by atoms with E-state index in [2.05, 4.69) is 10.4 Å². The van der Waals surface area contributed by atoms with Crippen molar-refractivity contribution >= 4 is 17.4 Å². The molecule has 0 unspecified atom stereocenters. The quantitative estimate of drug-likeness (QED) is 0.423. The molecule has 0 aliphatic heterocycles. The summed E-state index contributed by atoms with van der Waals surface area (Å²) in [7, 11) is 1.43. The number of aromatic nitrogens is 2. The molecule has 0 radical (unpaired) electrons. The maximum Gasteiger partial charge on any atom is 0.416 e. The molecular weight excluding hydrogens is 373 g/mol. The molecular formula is C15H15F3N4O5. The van der Waals surface area contributed by atoms with Gasteiger partial charge < -0.3 is 24.9 Å². The largest absolute Gasteiger partial charge is 0.489 e. The van der Waals surface area contributed by atoms with Crippen LogP contribution >= 0.6 is 0 Å². The Morgan fingerprint density at radius 3 is 2.67 bits per heavy atom. The predicted octanol–water partition coefficient (Wildman–Crippen LogP) is 2.47. The number of hydrogen-bond acceptors (Lipinski definition) is 6. The van der Waals surface area contributed by atoms with Crippen LogP contribution in [0.1, 0.15) is 5.56 Å². The van der Waals surface area contributed by atoms with E-state index in [0.29, 0.717) is 0 Å². The molecule has 1 N–H and O–H groups in total. The first-order valence-electron chi connectivity index (χ1n) is 7.51. The summed E-state index contributed by atoms with van der Waals surface area (Å²) in [5, 5.41) is 16.4. The van der Waals surface area contributed by atoms with Gasteiger partial charge in [0.1, 0.15) is 18.9 Å². The van der Waals surface area contributed by atoms with Crippen molar-refractivity contribution in [1.29, 1.82) is 0 Å². The highest BCUT2D eigenvalue weighted by molar-refractivity contribution is 5.92. The Kier molecular flexibility index (Phi) is 6.34. The zero-order chi connectivity index (χ0) is 20.0. The fourth-order valence-electron chi connectivity index (χ4n) is 2.04. The molecule has 1 amide bonds. The van der Waals surface area contributed by atoms with Crippen LogP contribution < -0.4 is 10.1 Å². The lowest BCUT2D eigenvalue weighted by molar-refractivity contribution is -0.389. The Labute approximate surface area is 150 Å². The molecule has 27 heavy (non-hydrogen) atoms. The van der Waals surface area contributed by atoms with Crippen molar-refractivity contribution in [3.05, 3.63) is 46.1 Å². The Hall–Kier alpha value is -3.15. The monoisotopic (exact) mass is 388 g/mol. The standard InChI is InChI=1S/C15H15F3N4O5/c1-26-6-7-27-12-3-2-10(15(16,17)18)8-11(12)19-14(23)9-21-5-4-13(20-21)22(24)25/h2-5,8H,6-7,9H2,1H3,(H,19,23). The summed E-state index contributed by atoms with van der Waals surface area (Å²) in [5.41, 5.74) is -1.15. The molecule has 0 fully saturated rings. The Morgan fingerprint density at radius 1 is 1.33 bits per heavy atom. The number of carbonyl (C=O) groups is 1. The molecule has 0 bridgehead atoms. The van der Waals surface area contributed by atoms with E-state index in [1.807, 2.05) is 0 Å². The number of rotatable bonds is 8. The average molecular weight is 388 g/mol. The maximum absolute atomic E-state index is 12.9. The van der Waals surface area contributed by atoms with Crippen LogP contribution in [0.3, 0.4) is 0 Å². The number of alkyl halides is 3. The van der Waals surface area contributed by atoms with Gasteiger partial charge in [-0.2, -0.15) is 17.9 Å². The highest BCUT2D eigenvalue weighted by Crippen LogP contribution is 2.35. The zero-order valence-corrected chi connectivity index (χ0v) is 14.0. The number of anilines is 1. The zero-order valence-electron chi connectivity index (χ0n) is 14.0. The van der Waals surface area contributed by atoms with E-state index in [4.69, 9.17) is 9.47 Å². The molecule has 1 heterocycles. The number of amides is 1. The third-order valence-electron chi connectivity index (χ3n) is 3.25. The molecule has 2 aromatic rings. The number of methoxy groups -OCH3 is 1. The number of nitrogens with zero attached hydrogens (tertiary/aromatic N) is 3. The Balaban J connectivity index is 2.17. The van der Waals surface area contributed by atoms with Crippen molar-refractivity contribution < 1.29 is 32.4 Å². The van der Waals surface area contributed by atoms with Gasteiger partial charge in [-0.05, 0) is 23.1 Å². The number of nitrogens with one attached hydrogen (secondary N) is 1. The summed E-state index contributed by atoms with van der Waals surface area (Å²) in [5.74, 6) is -1.16. The highest BCUT2D eigenvalue weighted by Gasteiger charge is 2.31. The molecule has 0 saturated heterocycles. The van der Waals surface area contributed by atoms with E-state index in [1.165, 1.54) is 13.3 Å². The van der Waals surface area contributed by atoms with E-state index in [-0.39, 0.29) is 24.7 Å². The van der Waals surface area contributed by atoms with Gasteiger partial charge in [0, 0.05) is 7.11 Å². The van der Waals surface area contributed by atoms with Gasteiger partial charge in [0.25, 0.3) is 0 Å². The predicted molar refractivity (Wildman–Crippen MR) is 86.3 cm³/mol. The number of hydrogen-bond donors (Lipinski definition) is 1. The first-order valence-corrected chi connectivity index (χ1v) is 7.51. The molecule has 1 aromatic heterocycles. The van der Waals surface area contributed by atoms with Crippen LogP contribution in [0, 0.1) is 10.1 Å². The van der Waals surface area contributed by atoms with Crippen LogP contribution in [-0.2, 0) is 22.3 Å². The minimum Gasteiger partial charge on any atom is -0.489 e. The number of carbonyl (C=O) groups excluding carboxylic acids is 1. The van der Waals surface area contributed by atoms with Gasteiger partial charge in [0.15, 0.2) is 0 Å². The van der Waals surface area contributed by atoms with Gasteiger partial charge >= 0.3 is 12.0 Å². The van der Waals surface area contributed by atoms with E-state index >= 15 is 0 Å². The maximum atomic E-state index is 12.9. The molecule has 12 heteroatoms. The van der Waals surface area contributed by atoms with E-state index in [9.17, 15) is 28.1 Å². The van der Waals surface area contributed by atoms with Crippen molar-refractivity contribution in [2.45, 2.75) is 12.7 Å². The summed E-state index contributed by atoms with van der Waals surface area (Å²) < 4.78 is 49.9. The Bertz CT molecular complexity index is 822. The smallest absolute Gasteiger partial charge is 0.416 e. The second-order valence-electron chi connectivity index (χ2n) is 5.23. The topological polar surface area (TPSA) is 109 Å². The summed E-state index contributed by atoms with van der Waals surface area (Å²) >= 11 is 0. The highest BCUT2D eigenvalue weighted by atomic mass is 19.4. The first kappa shape index (κ1) is 20.2. The summed E-state index contributed by atoms with van der Waals surface area (Å²) in [4.78, 5) is 22.0. The summed E-state index contributed by atoms with van der Waals surface area (Å²) in [6, 6.07) is 3.75. The first-order chi connectivity index (χ1) is 12.7. The Morgan fingerprint density at radius 2 is 2.07 bits per heavy atom. The second-order valence-corrected chi connectivity index (χ2v) is 5.23. The lowest BCUT2D eigenvalue weighted by Crippen LogP contribution is -2.20. The summed E-state index contributed by atoms with van der Waals surface area (Å²) in [6.07, 6.45) is -3.40. The molecule has 0 aliphatic rings. The van der Waals surface area contributed by atoms with E-state index in [0.717, 1.165) is 28.9 Å². The summed E-state index contributed by atoms with van der Waals surface area (Å²) in [6.45, 7) is -0.164. The normalized spacial score (nSPS) is 11.3. The van der Waals surface area contributed by atoms with E-state index in [1.54, 1.807) is 0 Å². The molecule has 0 aliphatic carbocycles. The van der Waals surface area contributed by atoms with Crippen LogP contribution in [0.15, 0.2) is 30.5 Å². The van der Waals surface area contributed by atoms with Crippen molar-refractivity contribution in [2.75, 3.05) is 25.6 Å². The fraction of sp³-hybridized carbons (Fsp3) is 0.333. The fourth-order valence-corrected chi connectivity index (χ4v) is 2.04. The lowest BCUT2D eigenvalue weighted by Gasteiger charge is -2.15. The number of halogens is 3. The SMILES string of the molecule is COCCOc1ccc(C(F)(F)F)cc1NC(=O)Cn1ccc([N+](=O)[O-])n1. The number of ether oxygens (including phenoxy) is 2. The van der Waals surface area contributed by atoms with Crippen molar-refractivity contribution in [1.82, 2.24) is 9.78 Å². The number of benzene rings is 1.